The minimum atomic E-state index is -1.14. The van der Waals surface area contributed by atoms with Gasteiger partial charge in [-0.15, -0.1) is 0 Å². The number of carbonyl (C=O) groups is 2. The van der Waals surface area contributed by atoms with Crippen molar-refractivity contribution in [3.63, 3.8) is 0 Å². The summed E-state index contributed by atoms with van der Waals surface area (Å²) in [5.41, 5.74) is 1.86. The SMILES string of the molecule is COCc1cc(C(=O)O)c(C(=CN(C)C)C(=O)OC)cc1COC. The number of ether oxygens (including phenoxy) is 3. The highest BCUT2D eigenvalue weighted by atomic mass is 16.5. The number of benzene rings is 1. The molecule has 0 aromatic heterocycles. The first-order chi connectivity index (χ1) is 11.3. The Balaban J connectivity index is 3.66. The first-order valence-electron chi connectivity index (χ1n) is 7.19. The number of hydrogen-bond donors (Lipinski definition) is 1. The van der Waals surface area contributed by atoms with Gasteiger partial charge in [0.1, 0.15) is 0 Å². The van der Waals surface area contributed by atoms with Crippen LogP contribution in [0.3, 0.4) is 0 Å². The number of carbonyl (C=O) groups excluding carboxylic acids is 1. The molecule has 0 aliphatic carbocycles. The summed E-state index contributed by atoms with van der Waals surface area (Å²) < 4.78 is 15.1. The Kier molecular flexibility index (Phi) is 7.41. The molecule has 24 heavy (non-hydrogen) atoms. The zero-order chi connectivity index (χ0) is 18.3. The second kappa shape index (κ2) is 9.05. The number of rotatable bonds is 8. The normalized spacial score (nSPS) is 11.3. The summed E-state index contributed by atoms with van der Waals surface area (Å²) in [5.74, 6) is -1.76. The first-order valence-corrected chi connectivity index (χ1v) is 7.19. The summed E-state index contributed by atoms with van der Waals surface area (Å²) in [5, 5.41) is 9.55. The van der Waals surface area contributed by atoms with E-state index in [4.69, 9.17) is 14.2 Å². The summed E-state index contributed by atoms with van der Waals surface area (Å²) in [4.78, 5) is 25.5. The van der Waals surface area contributed by atoms with Crippen molar-refractivity contribution < 1.29 is 28.9 Å². The number of carboxylic acid groups (broad SMARTS) is 1. The van der Waals surface area contributed by atoms with Gasteiger partial charge in [-0.2, -0.15) is 0 Å². The van der Waals surface area contributed by atoms with Gasteiger partial charge in [0.15, 0.2) is 0 Å². The fourth-order valence-electron chi connectivity index (χ4n) is 2.27. The van der Waals surface area contributed by atoms with Crippen LogP contribution in [0.25, 0.3) is 5.57 Å². The molecule has 1 rings (SSSR count). The molecule has 0 aliphatic heterocycles. The molecule has 132 valence electrons. The van der Waals surface area contributed by atoms with Crippen LogP contribution in [-0.2, 0) is 32.2 Å². The average Bonchev–Trinajstić information content (AvgIpc) is 2.53. The third kappa shape index (κ3) is 4.81. The van der Waals surface area contributed by atoms with E-state index in [1.54, 1.807) is 25.1 Å². The molecular formula is C17H23NO6. The maximum Gasteiger partial charge on any atom is 0.339 e. The number of methoxy groups -OCH3 is 3. The predicted molar refractivity (Wildman–Crippen MR) is 88.5 cm³/mol. The van der Waals surface area contributed by atoms with Crippen LogP contribution in [0.15, 0.2) is 18.3 Å². The molecule has 0 fully saturated rings. The molecule has 0 aliphatic rings. The summed E-state index contributed by atoms with van der Waals surface area (Å²) in [6.07, 6.45) is 1.53. The average molecular weight is 337 g/mol. The van der Waals surface area contributed by atoms with Gasteiger partial charge in [-0.3, -0.25) is 0 Å². The lowest BCUT2D eigenvalue weighted by Gasteiger charge is -2.17. The Bertz CT molecular complexity index is 636. The molecule has 1 aromatic carbocycles. The van der Waals surface area contributed by atoms with Gasteiger partial charge >= 0.3 is 11.9 Å². The van der Waals surface area contributed by atoms with Crippen LogP contribution in [0.1, 0.15) is 27.0 Å². The van der Waals surface area contributed by atoms with E-state index in [9.17, 15) is 14.7 Å². The minimum absolute atomic E-state index is 0.000373. The molecule has 1 N–H and O–H groups in total. The van der Waals surface area contributed by atoms with Crippen molar-refractivity contribution in [1.82, 2.24) is 4.90 Å². The highest BCUT2D eigenvalue weighted by Gasteiger charge is 2.22. The summed E-state index contributed by atoms with van der Waals surface area (Å²) in [6, 6.07) is 3.13. The quantitative estimate of drug-likeness (QED) is 0.571. The van der Waals surface area contributed by atoms with E-state index in [1.165, 1.54) is 33.6 Å². The maximum atomic E-state index is 12.1. The van der Waals surface area contributed by atoms with Crippen molar-refractivity contribution in [2.24, 2.45) is 0 Å². The molecule has 0 saturated heterocycles. The molecule has 7 heteroatoms. The molecular weight excluding hydrogens is 314 g/mol. The van der Waals surface area contributed by atoms with Gasteiger partial charge in [-0.25, -0.2) is 9.59 Å². The predicted octanol–water partition coefficient (Wildman–Crippen LogP) is 1.75. The van der Waals surface area contributed by atoms with E-state index in [2.05, 4.69) is 0 Å². The van der Waals surface area contributed by atoms with Gasteiger partial charge in [0.25, 0.3) is 0 Å². The summed E-state index contributed by atoms with van der Waals surface area (Å²) in [6.45, 7) is 0.506. The molecule has 0 atom stereocenters. The van der Waals surface area contributed by atoms with Gasteiger partial charge < -0.3 is 24.2 Å². The topological polar surface area (TPSA) is 85.3 Å². The van der Waals surface area contributed by atoms with Crippen LogP contribution in [0, 0.1) is 0 Å². The van der Waals surface area contributed by atoms with Crippen LogP contribution in [0.5, 0.6) is 0 Å². The van der Waals surface area contributed by atoms with Gasteiger partial charge in [0, 0.05) is 40.1 Å². The largest absolute Gasteiger partial charge is 0.478 e. The van der Waals surface area contributed by atoms with E-state index >= 15 is 0 Å². The molecule has 7 nitrogen and oxygen atoms in total. The van der Waals surface area contributed by atoms with E-state index in [0.717, 1.165) is 5.56 Å². The van der Waals surface area contributed by atoms with E-state index < -0.39 is 11.9 Å². The van der Waals surface area contributed by atoms with Crippen molar-refractivity contribution in [3.8, 4) is 0 Å². The Hall–Kier alpha value is -2.38. The minimum Gasteiger partial charge on any atom is -0.478 e. The van der Waals surface area contributed by atoms with E-state index in [-0.39, 0.29) is 29.9 Å². The number of carboxylic acids is 1. The summed E-state index contributed by atoms with van der Waals surface area (Å²) >= 11 is 0. The number of nitrogens with zero attached hydrogens (tertiary/aromatic N) is 1. The highest BCUT2D eigenvalue weighted by Crippen LogP contribution is 2.26. The van der Waals surface area contributed by atoms with Gasteiger partial charge in [-0.05, 0) is 23.3 Å². The van der Waals surface area contributed by atoms with Crippen molar-refractivity contribution in [3.05, 3.63) is 40.6 Å². The second-order valence-corrected chi connectivity index (χ2v) is 5.34. The molecule has 0 amide bonds. The van der Waals surface area contributed by atoms with Crippen LogP contribution in [-0.4, -0.2) is 57.4 Å². The van der Waals surface area contributed by atoms with Crippen molar-refractivity contribution in [2.75, 3.05) is 35.4 Å². The monoisotopic (exact) mass is 337 g/mol. The molecule has 0 spiro atoms. The highest BCUT2D eigenvalue weighted by molar-refractivity contribution is 6.18. The Labute approximate surface area is 141 Å². The van der Waals surface area contributed by atoms with Crippen molar-refractivity contribution in [2.45, 2.75) is 13.2 Å². The van der Waals surface area contributed by atoms with Crippen LogP contribution in [0.4, 0.5) is 0 Å². The molecule has 0 bridgehead atoms. The Morgan fingerprint density at radius 3 is 1.92 bits per heavy atom. The van der Waals surface area contributed by atoms with E-state index in [1.807, 2.05) is 0 Å². The molecule has 0 heterocycles. The lowest BCUT2D eigenvalue weighted by atomic mass is 9.94. The third-order valence-electron chi connectivity index (χ3n) is 3.25. The Morgan fingerprint density at radius 2 is 1.54 bits per heavy atom. The Morgan fingerprint density at radius 1 is 1.04 bits per heavy atom. The molecule has 0 saturated carbocycles. The zero-order valence-corrected chi connectivity index (χ0v) is 14.6. The lowest BCUT2D eigenvalue weighted by Crippen LogP contribution is -2.15. The smallest absolute Gasteiger partial charge is 0.339 e. The van der Waals surface area contributed by atoms with Crippen LogP contribution in [0.2, 0.25) is 0 Å². The number of esters is 1. The second-order valence-electron chi connectivity index (χ2n) is 5.34. The standard InChI is InChI=1S/C17H23NO6/c1-18(2)8-15(17(21)24-5)13-6-11(9-22-3)12(10-23-4)7-14(13)16(19)20/h6-8H,9-10H2,1-5H3,(H,19,20). The molecule has 1 aromatic rings. The van der Waals surface area contributed by atoms with Crippen molar-refractivity contribution in [1.29, 1.82) is 0 Å². The van der Waals surface area contributed by atoms with Gasteiger partial charge in [-0.1, -0.05) is 0 Å². The van der Waals surface area contributed by atoms with E-state index in [0.29, 0.717) is 5.56 Å². The maximum absolute atomic E-state index is 12.1. The summed E-state index contributed by atoms with van der Waals surface area (Å²) in [7, 11) is 7.79. The van der Waals surface area contributed by atoms with Gasteiger partial charge in [0.05, 0.1) is 31.5 Å². The van der Waals surface area contributed by atoms with Crippen LogP contribution < -0.4 is 0 Å². The first kappa shape index (κ1) is 19.7. The lowest BCUT2D eigenvalue weighted by molar-refractivity contribution is -0.133. The number of hydrogen-bond acceptors (Lipinski definition) is 6. The third-order valence-corrected chi connectivity index (χ3v) is 3.25. The van der Waals surface area contributed by atoms with Crippen molar-refractivity contribution >= 4 is 17.5 Å². The number of aromatic carboxylic acids is 1. The van der Waals surface area contributed by atoms with Crippen LogP contribution >= 0.6 is 0 Å². The molecule has 0 radical (unpaired) electrons. The molecule has 0 unspecified atom stereocenters. The fourth-order valence-corrected chi connectivity index (χ4v) is 2.27. The van der Waals surface area contributed by atoms with Gasteiger partial charge in [0.2, 0.25) is 0 Å². The fraction of sp³-hybridized carbons (Fsp3) is 0.412. The zero-order valence-electron chi connectivity index (χ0n) is 14.6.